The molecule has 3 heteroatoms. The number of carbonyl (C=O) groups excluding carboxylic acids is 1. The van der Waals surface area contributed by atoms with E-state index in [1.807, 2.05) is 6.92 Å². The lowest BCUT2D eigenvalue weighted by molar-refractivity contribution is -0.123. The monoisotopic (exact) mass is 238 g/mol. The molecule has 0 aromatic heterocycles. The van der Waals surface area contributed by atoms with Crippen LogP contribution in [0.2, 0.25) is 0 Å². The van der Waals surface area contributed by atoms with Crippen molar-refractivity contribution in [2.75, 3.05) is 6.54 Å². The number of hydrogen-bond donors (Lipinski definition) is 2. The molecular formula is C14H26N2O. The van der Waals surface area contributed by atoms with Crippen LogP contribution in [0.3, 0.4) is 0 Å². The molecule has 2 saturated carbocycles. The van der Waals surface area contributed by atoms with Gasteiger partial charge < -0.3 is 10.6 Å². The van der Waals surface area contributed by atoms with Crippen LogP contribution in [0, 0.1) is 5.41 Å². The summed E-state index contributed by atoms with van der Waals surface area (Å²) in [6.45, 7) is 5.27. The van der Waals surface area contributed by atoms with E-state index in [4.69, 9.17) is 0 Å². The lowest BCUT2D eigenvalue weighted by Crippen LogP contribution is -2.49. The fourth-order valence-electron chi connectivity index (χ4n) is 2.85. The van der Waals surface area contributed by atoms with Crippen molar-refractivity contribution in [2.24, 2.45) is 5.41 Å². The van der Waals surface area contributed by atoms with Gasteiger partial charge in [0, 0.05) is 12.6 Å². The predicted molar refractivity (Wildman–Crippen MR) is 69.8 cm³/mol. The van der Waals surface area contributed by atoms with Gasteiger partial charge in [-0.05, 0) is 38.0 Å². The molecule has 0 aromatic carbocycles. The van der Waals surface area contributed by atoms with Crippen LogP contribution in [-0.4, -0.2) is 24.5 Å². The van der Waals surface area contributed by atoms with Gasteiger partial charge in [0.15, 0.2) is 0 Å². The maximum Gasteiger partial charge on any atom is 0.237 e. The average Bonchev–Trinajstić information content (AvgIpc) is 2.75. The summed E-state index contributed by atoms with van der Waals surface area (Å²) >= 11 is 0. The summed E-state index contributed by atoms with van der Waals surface area (Å²) in [5.41, 5.74) is 0.446. The minimum absolute atomic E-state index is 0.0481. The third-order valence-electron chi connectivity index (χ3n) is 4.49. The summed E-state index contributed by atoms with van der Waals surface area (Å²) in [4.78, 5) is 11.9. The molecule has 2 rings (SSSR count). The zero-order chi connectivity index (χ0) is 12.3. The van der Waals surface area contributed by atoms with Gasteiger partial charge in [-0.3, -0.25) is 4.79 Å². The summed E-state index contributed by atoms with van der Waals surface area (Å²) in [7, 11) is 0. The summed E-state index contributed by atoms with van der Waals surface area (Å²) in [6.07, 6.45) is 8.82. The standard InChI is InChI=1S/C14H26N2O/c1-11(15-10-14(2)8-5-9-14)13(17)16-12-6-3-4-7-12/h11-12,15H,3-10H2,1-2H3,(H,16,17). The molecule has 98 valence electrons. The van der Waals surface area contributed by atoms with Crippen LogP contribution in [0.15, 0.2) is 0 Å². The van der Waals surface area contributed by atoms with E-state index >= 15 is 0 Å². The second kappa shape index (κ2) is 5.38. The molecule has 0 aliphatic heterocycles. The molecule has 0 radical (unpaired) electrons. The van der Waals surface area contributed by atoms with Crippen LogP contribution in [0.5, 0.6) is 0 Å². The van der Waals surface area contributed by atoms with Crippen LogP contribution >= 0.6 is 0 Å². The Bertz CT molecular complexity index is 267. The largest absolute Gasteiger partial charge is 0.352 e. The number of amides is 1. The molecule has 0 heterocycles. The highest BCUT2D eigenvalue weighted by atomic mass is 16.2. The van der Waals surface area contributed by atoms with Crippen LogP contribution < -0.4 is 10.6 Å². The van der Waals surface area contributed by atoms with E-state index < -0.39 is 0 Å². The SMILES string of the molecule is CC(NCC1(C)CCC1)C(=O)NC1CCCC1. The van der Waals surface area contributed by atoms with Gasteiger partial charge in [0.2, 0.25) is 5.91 Å². The molecule has 1 amide bonds. The van der Waals surface area contributed by atoms with E-state index in [1.54, 1.807) is 0 Å². The van der Waals surface area contributed by atoms with Crippen molar-refractivity contribution in [3.05, 3.63) is 0 Å². The van der Waals surface area contributed by atoms with Crippen molar-refractivity contribution in [1.29, 1.82) is 0 Å². The quantitative estimate of drug-likeness (QED) is 0.771. The van der Waals surface area contributed by atoms with Crippen LogP contribution in [-0.2, 0) is 4.79 Å². The molecule has 0 bridgehead atoms. The van der Waals surface area contributed by atoms with Gasteiger partial charge in [-0.25, -0.2) is 0 Å². The molecule has 0 aromatic rings. The highest BCUT2D eigenvalue weighted by Crippen LogP contribution is 2.39. The maximum absolute atomic E-state index is 11.9. The first kappa shape index (κ1) is 12.9. The fraction of sp³-hybridized carbons (Fsp3) is 0.929. The van der Waals surface area contributed by atoms with Crippen molar-refractivity contribution in [3.8, 4) is 0 Å². The zero-order valence-electron chi connectivity index (χ0n) is 11.2. The molecule has 1 unspecified atom stereocenters. The minimum atomic E-state index is -0.0481. The molecule has 3 nitrogen and oxygen atoms in total. The van der Waals surface area contributed by atoms with Crippen LogP contribution in [0.4, 0.5) is 0 Å². The highest BCUT2D eigenvalue weighted by molar-refractivity contribution is 5.81. The first-order chi connectivity index (χ1) is 8.09. The maximum atomic E-state index is 11.9. The second-order valence-electron chi connectivity index (χ2n) is 6.26. The molecule has 2 fully saturated rings. The Labute approximate surface area is 105 Å². The van der Waals surface area contributed by atoms with Crippen molar-refractivity contribution in [2.45, 2.75) is 70.9 Å². The number of carbonyl (C=O) groups is 1. The summed E-state index contributed by atoms with van der Waals surface area (Å²) < 4.78 is 0. The zero-order valence-corrected chi connectivity index (χ0v) is 11.2. The van der Waals surface area contributed by atoms with E-state index in [2.05, 4.69) is 17.6 Å². The van der Waals surface area contributed by atoms with E-state index in [1.165, 1.54) is 32.1 Å². The highest BCUT2D eigenvalue weighted by Gasteiger charge is 2.32. The molecule has 1 atom stereocenters. The Morgan fingerprint density at radius 1 is 1.29 bits per heavy atom. The summed E-state index contributed by atoms with van der Waals surface area (Å²) in [5, 5.41) is 6.54. The van der Waals surface area contributed by atoms with E-state index in [0.29, 0.717) is 11.5 Å². The van der Waals surface area contributed by atoms with Gasteiger partial charge in [-0.15, -0.1) is 0 Å². The Morgan fingerprint density at radius 3 is 2.47 bits per heavy atom. The molecule has 2 aliphatic carbocycles. The topological polar surface area (TPSA) is 41.1 Å². The fourth-order valence-corrected chi connectivity index (χ4v) is 2.85. The van der Waals surface area contributed by atoms with Gasteiger partial charge in [0.25, 0.3) is 0 Å². The Hall–Kier alpha value is -0.570. The van der Waals surface area contributed by atoms with Gasteiger partial charge in [0.1, 0.15) is 0 Å². The van der Waals surface area contributed by atoms with E-state index in [-0.39, 0.29) is 11.9 Å². The van der Waals surface area contributed by atoms with Gasteiger partial charge in [-0.1, -0.05) is 26.2 Å². The number of hydrogen-bond acceptors (Lipinski definition) is 2. The molecule has 0 spiro atoms. The van der Waals surface area contributed by atoms with Gasteiger partial charge >= 0.3 is 0 Å². The average molecular weight is 238 g/mol. The summed E-state index contributed by atoms with van der Waals surface area (Å²) in [6, 6.07) is 0.388. The van der Waals surface area contributed by atoms with E-state index in [0.717, 1.165) is 19.4 Å². The molecule has 2 N–H and O–H groups in total. The normalized spacial score (nSPS) is 25.3. The third kappa shape index (κ3) is 3.44. The smallest absolute Gasteiger partial charge is 0.237 e. The van der Waals surface area contributed by atoms with Crippen molar-refractivity contribution in [3.63, 3.8) is 0 Å². The van der Waals surface area contributed by atoms with Gasteiger partial charge in [0.05, 0.1) is 6.04 Å². The lowest BCUT2D eigenvalue weighted by Gasteiger charge is -2.39. The first-order valence-electron chi connectivity index (χ1n) is 7.13. The molecule has 2 aliphatic rings. The van der Waals surface area contributed by atoms with Crippen LogP contribution in [0.25, 0.3) is 0 Å². The molecule has 17 heavy (non-hydrogen) atoms. The van der Waals surface area contributed by atoms with Crippen molar-refractivity contribution >= 4 is 5.91 Å². The number of rotatable bonds is 5. The molecular weight excluding hydrogens is 212 g/mol. The predicted octanol–water partition coefficient (Wildman–Crippen LogP) is 2.21. The Kier molecular flexibility index (Phi) is 4.08. The Balaban J connectivity index is 1.67. The first-order valence-corrected chi connectivity index (χ1v) is 7.13. The van der Waals surface area contributed by atoms with Gasteiger partial charge in [-0.2, -0.15) is 0 Å². The summed E-state index contributed by atoms with van der Waals surface area (Å²) in [5.74, 6) is 0.180. The third-order valence-corrected chi connectivity index (χ3v) is 4.49. The Morgan fingerprint density at radius 2 is 1.94 bits per heavy atom. The number of nitrogens with one attached hydrogen (secondary N) is 2. The van der Waals surface area contributed by atoms with Crippen molar-refractivity contribution in [1.82, 2.24) is 10.6 Å². The van der Waals surface area contributed by atoms with E-state index in [9.17, 15) is 4.79 Å². The van der Waals surface area contributed by atoms with Crippen molar-refractivity contribution < 1.29 is 4.79 Å². The molecule has 0 saturated heterocycles. The van der Waals surface area contributed by atoms with Crippen LogP contribution in [0.1, 0.15) is 58.8 Å². The lowest BCUT2D eigenvalue weighted by atomic mass is 9.70. The second-order valence-corrected chi connectivity index (χ2v) is 6.26. The minimum Gasteiger partial charge on any atom is -0.352 e.